The monoisotopic (exact) mass is 520 g/mol. The summed E-state index contributed by atoms with van der Waals surface area (Å²) in [6, 6.07) is 7.86. The van der Waals surface area contributed by atoms with Gasteiger partial charge in [0.1, 0.15) is 0 Å². The van der Waals surface area contributed by atoms with Crippen molar-refractivity contribution < 1.29 is 14.9 Å². The van der Waals surface area contributed by atoms with Crippen molar-refractivity contribution in [3.8, 4) is 5.75 Å². The van der Waals surface area contributed by atoms with Crippen molar-refractivity contribution in [2.24, 2.45) is 4.99 Å². The normalized spacial score (nSPS) is 17.3. The minimum atomic E-state index is -0.987. The van der Waals surface area contributed by atoms with Crippen molar-refractivity contribution in [2.45, 2.75) is 48.5 Å². The first-order chi connectivity index (χ1) is 17.6. The number of pyridine rings is 2. The molecule has 4 aromatic rings. The molecular weight excluding hydrogens is 495 g/mol. The molecule has 0 saturated carbocycles. The van der Waals surface area contributed by atoms with Gasteiger partial charge in [-0.25, -0.2) is 0 Å². The zero-order chi connectivity index (χ0) is 24.9. The van der Waals surface area contributed by atoms with Crippen molar-refractivity contribution in [3.63, 3.8) is 0 Å². The summed E-state index contributed by atoms with van der Waals surface area (Å²) in [5, 5.41) is 19.3. The third-order valence-electron chi connectivity index (χ3n) is 5.84. The molecule has 0 amide bonds. The standard InChI is InChI=1S/C24H25BN6O3S2/c1-14(17-5-2-3-8-27-17)35-15-9-21(34-20-7-4-6-18-16(20)11-26-13-29-18)23(28-10-15)31-24-30-22(25-36-24)19(33)12-32/h2-3,5,8-11,13-14,19-20,32-33H,4,6-7,12H2,1H3,(H,28,30,31). The van der Waals surface area contributed by atoms with E-state index in [2.05, 4.69) is 36.8 Å². The Bertz CT molecular complexity index is 1380. The number of hydrogen-bond donors (Lipinski definition) is 3. The molecule has 4 heterocycles. The Morgan fingerprint density at radius 1 is 1.31 bits per heavy atom. The molecule has 0 aromatic carbocycles. The molecule has 3 unspecified atom stereocenters. The number of H-pyrrole nitrogens is 1. The molecule has 12 heteroatoms. The van der Waals surface area contributed by atoms with Gasteiger partial charge in [0.2, 0.25) is 0 Å². The van der Waals surface area contributed by atoms with E-state index in [-0.39, 0.29) is 18.0 Å². The fourth-order valence-corrected chi connectivity index (χ4v) is 5.71. The molecule has 3 atom stereocenters. The quantitative estimate of drug-likeness (QED) is 0.301. The zero-order valence-electron chi connectivity index (χ0n) is 19.6. The number of rotatable bonds is 8. The molecule has 0 spiro atoms. The van der Waals surface area contributed by atoms with Crippen molar-refractivity contribution in [1.29, 1.82) is 0 Å². The van der Waals surface area contributed by atoms with Crippen LogP contribution in [0, 0.1) is 0 Å². The maximum absolute atomic E-state index is 9.91. The van der Waals surface area contributed by atoms with Gasteiger partial charge in [0, 0.05) is 0 Å². The van der Waals surface area contributed by atoms with Crippen molar-refractivity contribution in [3.05, 3.63) is 76.5 Å². The van der Waals surface area contributed by atoms with Crippen LogP contribution in [0.3, 0.4) is 0 Å². The summed E-state index contributed by atoms with van der Waals surface area (Å²) in [5.41, 5.74) is 3.49. The first-order valence-electron chi connectivity index (χ1n) is 11.6. The fraction of sp³-hybridized carbons (Fsp3) is 0.333. The number of aliphatic hydroxyl groups is 2. The Balaban J connectivity index is 1.48. The van der Waals surface area contributed by atoms with Crippen LogP contribution in [0.2, 0.25) is 0 Å². The molecule has 3 N–H and O–H groups in total. The first-order valence-corrected chi connectivity index (χ1v) is 13.4. The second-order valence-corrected chi connectivity index (χ2v) is 10.6. The van der Waals surface area contributed by atoms with Gasteiger partial charge in [0.05, 0.1) is 0 Å². The average Bonchev–Trinajstić information content (AvgIpc) is 3.39. The van der Waals surface area contributed by atoms with E-state index in [1.807, 2.05) is 30.5 Å². The molecule has 36 heavy (non-hydrogen) atoms. The molecule has 1 aliphatic carbocycles. The number of aliphatic hydroxyl groups excluding tert-OH is 2. The van der Waals surface area contributed by atoms with E-state index in [9.17, 15) is 10.2 Å². The van der Waals surface area contributed by atoms with Crippen LogP contribution in [0.5, 0.6) is 5.75 Å². The predicted molar refractivity (Wildman–Crippen MR) is 138 cm³/mol. The third-order valence-corrected chi connectivity index (χ3v) is 7.72. The number of fused-ring (bicyclic) bond motifs is 1. The second-order valence-electron chi connectivity index (χ2n) is 8.36. The molecule has 0 radical (unpaired) electrons. The van der Waals surface area contributed by atoms with Crippen LogP contribution in [-0.2, 0) is 6.42 Å². The second kappa shape index (κ2) is 11.4. The SMILES string of the molecule is CC(Sc1cnc(/N=c2/[nH]c(C(O)CO)bs2)c(OC2CCCc3ncncc32)c1)c1ccccn1. The van der Waals surface area contributed by atoms with Gasteiger partial charge >= 0.3 is 211 Å². The average molecular weight is 520 g/mol. The molecule has 0 bridgehead atoms. The number of ether oxygens (including phenoxy) is 1. The van der Waals surface area contributed by atoms with E-state index >= 15 is 0 Å². The number of aryl methyl sites for hydroxylation is 1. The number of nitrogens with zero attached hydrogens (tertiary/aromatic N) is 5. The number of hydrogen-bond acceptors (Lipinski definition) is 10. The van der Waals surface area contributed by atoms with Gasteiger partial charge < -0.3 is 0 Å². The summed E-state index contributed by atoms with van der Waals surface area (Å²) in [4.78, 5) is 26.9. The van der Waals surface area contributed by atoms with Gasteiger partial charge in [-0.2, -0.15) is 0 Å². The zero-order valence-corrected chi connectivity index (χ0v) is 21.2. The van der Waals surface area contributed by atoms with Gasteiger partial charge in [-0.1, -0.05) is 0 Å². The van der Waals surface area contributed by atoms with E-state index in [4.69, 9.17) is 4.74 Å². The maximum atomic E-state index is 9.91. The van der Waals surface area contributed by atoms with Gasteiger partial charge in [-0.05, 0) is 6.07 Å². The van der Waals surface area contributed by atoms with Crippen molar-refractivity contribution in [1.82, 2.24) is 24.9 Å². The summed E-state index contributed by atoms with van der Waals surface area (Å²) < 4.78 is 6.52. The fourth-order valence-electron chi connectivity index (χ4n) is 3.98. The molecule has 9 nitrogen and oxygen atoms in total. The molecule has 1 aliphatic rings. The molecule has 0 aliphatic heterocycles. The Morgan fingerprint density at radius 2 is 2.22 bits per heavy atom. The predicted octanol–water partition coefficient (Wildman–Crippen LogP) is 3.56. The molecule has 0 saturated heterocycles. The third kappa shape index (κ3) is 5.72. The Hall–Kier alpha value is -2.93. The van der Waals surface area contributed by atoms with Crippen molar-refractivity contribution in [2.75, 3.05) is 6.61 Å². The minimum absolute atomic E-state index is 0.126. The number of aromatic nitrogens is 5. The van der Waals surface area contributed by atoms with E-state index in [0.29, 0.717) is 22.0 Å². The van der Waals surface area contributed by atoms with Gasteiger partial charge in [0.25, 0.3) is 0 Å². The topological polar surface area (TPSA) is 129 Å². The summed E-state index contributed by atoms with van der Waals surface area (Å²) in [6.45, 7) is 1.73. The van der Waals surface area contributed by atoms with E-state index in [1.165, 1.54) is 11.2 Å². The van der Waals surface area contributed by atoms with E-state index in [1.54, 1.807) is 36.7 Å². The van der Waals surface area contributed by atoms with Crippen LogP contribution < -0.4 is 9.54 Å². The molecule has 0 fully saturated rings. The van der Waals surface area contributed by atoms with Crippen molar-refractivity contribution >= 4 is 34.9 Å². The van der Waals surface area contributed by atoms with Crippen LogP contribution in [0.15, 0.2) is 59.1 Å². The van der Waals surface area contributed by atoms with E-state index < -0.39 is 6.10 Å². The summed E-state index contributed by atoms with van der Waals surface area (Å²) in [5.74, 6) is 0.984. The summed E-state index contributed by atoms with van der Waals surface area (Å²) in [6.07, 6.45) is 10.3. The number of thioether (sulfide) groups is 1. The molecule has 4 aromatic heterocycles. The number of nitrogens with one attached hydrogen (secondary N) is 1. The molecular formula is C24H25BN6O3S2. The van der Waals surface area contributed by atoms with Gasteiger partial charge in [-0.3, -0.25) is 0 Å². The number of aromatic amines is 1. The van der Waals surface area contributed by atoms with Crippen LogP contribution in [-0.4, -0.2) is 47.9 Å². The van der Waals surface area contributed by atoms with Crippen LogP contribution >= 0.6 is 22.9 Å². The van der Waals surface area contributed by atoms with Gasteiger partial charge in [-0.15, -0.1) is 0 Å². The van der Waals surface area contributed by atoms with Crippen LogP contribution in [0.4, 0.5) is 5.82 Å². The summed E-state index contributed by atoms with van der Waals surface area (Å²) in [7, 11) is 0. The Morgan fingerprint density at radius 3 is 3.06 bits per heavy atom. The van der Waals surface area contributed by atoms with E-state index in [0.717, 1.165) is 41.1 Å². The Labute approximate surface area is 216 Å². The molecule has 5 rings (SSSR count). The Kier molecular flexibility index (Phi) is 7.85. The summed E-state index contributed by atoms with van der Waals surface area (Å²) >= 11 is 2.97. The van der Waals surface area contributed by atoms with Crippen LogP contribution in [0.1, 0.15) is 59.8 Å². The van der Waals surface area contributed by atoms with Crippen LogP contribution in [0.25, 0.3) is 0 Å². The first kappa shape index (κ1) is 24.8. The van der Waals surface area contributed by atoms with Gasteiger partial charge in [0.15, 0.2) is 0 Å². The molecule has 184 valence electrons.